The van der Waals surface area contributed by atoms with Crippen molar-refractivity contribution in [3.63, 3.8) is 0 Å². The zero-order chi connectivity index (χ0) is 42.9. The standard InChI is InChI=1S/C20H24N2.C18H20N2.C17H18N2/c1-4-22(5-2)15(3)18-14-16-10-6-8-12-19(16)21-20-13-9-7-11-17(18)20;1-13(20(2)3)16-12-14-8-4-6-10-17(14)19-18-11-7-5-9-15(16)18;1-12(18-2)15-11-13-7-3-5-9-16(13)19-17-10-6-4-8-14(15)17/h6-15,21H,4-5H2,1-3H3;4-13,19H,1-3H3;3-12,18-19H,1-2H3. The van der Waals surface area contributed by atoms with Crippen LogP contribution in [0.25, 0.3) is 34.9 Å². The number of benzene rings is 6. The summed E-state index contributed by atoms with van der Waals surface area (Å²) in [5, 5.41) is 14.0. The molecule has 3 aliphatic rings. The summed E-state index contributed by atoms with van der Waals surface area (Å²) in [6.45, 7) is 13.3. The minimum absolute atomic E-state index is 0.314. The van der Waals surface area contributed by atoms with Crippen LogP contribution in [0.3, 0.4) is 0 Å². The summed E-state index contributed by atoms with van der Waals surface area (Å²) >= 11 is 0. The van der Waals surface area contributed by atoms with Crippen molar-refractivity contribution >= 4 is 69.1 Å². The van der Waals surface area contributed by atoms with Crippen LogP contribution in [0.1, 0.15) is 68.0 Å². The van der Waals surface area contributed by atoms with Gasteiger partial charge >= 0.3 is 0 Å². The minimum Gasteiger partial charge on any atom is -0.355 e. The molecule has 0 aliphatic carbocycles. The number of hydrogen-bond acceptors (Lipinski definition) is 6. The molecule has 0 aromatic heterocycles. The Morgan fingerprint density at radius 2 is 0.738 bits per heavy atom. The molecule has 6 heteroatoms. The van der Waals surface area contributed by atoms with Crippen molar-refractivity contribution in [1.82, 2.24) is 15.1 Å². The van der Waals surface area contributed by atoms with Crippen molar-refractivity contribution in [3.8, 4) is 0 Å². The van der Waals surface area contributed by atoms with Crippen LogP contribution in [0.4, 0.5) is 34.1 Å². The first-order valence-corrected chi connectivity index (χ1v) is 21.8. The van der Waals surface area contributed by atoms with Crippen LogP contribution in [0, 0.1) is 0 Å². The summed E-state index contributed by atoms with van der Waals surface area (Å²) in [5.41, 5.74) is 18.7. The number of rotatable bonds is 8. The Kier molecular flexibility index (Phi) is 14.0. The summed E-state index contributed by atoms with van der Waals surface area (Å²) in [6.07, 6.45) is 6.92. The number of fused-ring (bicyclic) bond motifs is 6. The molecule has 0 saturated heterocycles. The van der Waals surface area contributed by atoms with E-state index in [-0.39, 0.29) is 0 Å². The van der Waals surface area contributed by atoms with Crippen molar-refractivity contribution in [2.75, 3.05) is 50.2 Å². The SMILES string of the molecule is CC(C1=Cc2ccccc2Nc2ccccc21)N(C)C.CCN(CC)C(C)C1=Cc2ccccc2Nc2ccccc21.CNC(C)C1=Cc2ccccc2Nc2ccccc21. The number of likely N-dealkylation sites (N-methyl/N-ethyl adjacent to an activating group) is 3. The van der Waals surface area contributed by atoms with E-state index in [2.05, 4.69) is 244 Å². The van der Waals surface area contributed by atoms with Crippen LogP contribution in [0.5, 0.6) is 0 Å². The quantitative estimate of drug-likeness (QED) is 0.123. The molecule has 61 heavy (non-hydrogen) atoms. The first-order valence-electron chi connectivity index (χ1n) is 21.8. The van der Waals surface area contributed by atoms with E-state index in [0.717, 1.165) is 18.8 Å². The molecule has 0 fully saturated rings. The maximum atomic E-state index is 3.59. The van der Waals surface area contributed by atoms with Crippen LogP contribution >= 0.6 is 0 Å². The first-order chi connectivity index (χ1) is 29.7. The first kappa shape index (κ1) is 42.9. The normalized spacial score (nSPS) is 14.6. The molecule has 3 aliphatic heterocycles. The second kappa shape index (κ2) is 19.9. The Morgan fingerprint density at radius 1 is 0.426 bits per heavy atom. The Morgan fingerprint density at radius 3 is 1.10 bits per heavy atom. The Hall–Kier alpha value is -6.18. The second-order valence-electron chi connectivity index (χ2n) is 16.1. The van der Waals surface area contributed by atoms with E-state index in [1.165, 1.54) is 78.5 Å². The minimum atomic E-state index is 0.314. The van der Waals surface area contributed by atoms with Crippen LogP contribution in [0.2, 0.25) is 0 Å². The van der Waals surface area contributed by atoms with Crippen molar-refractivity contribution in [1.29, 1.82) is 0 Å². The molecule has 0 amide bonds. The van der Waals surface area contributed by atoms with Gasteiger partial charge in [0.1, 0.15) is 0 Å². The summed E-state index contributed by atoms with van der Waals surface area (Å²) in [7, 11) is 6.25. The molecule has 6 nitrogen and oxygen atoms in total. The van der Waals surface area contributed by atoms with E-state index in [1.54, 1.807) is 0 Å². The molecule has 9 rings (SSSR count). The third-order valence-electron chi connectivity index (χ3n) is 12.3. The smallest absolute Gasteiger partial charge is 0.0461 e. The van der Waals surface area contributed by atoms with Gasteiger partial charge in [0, 0.05) is 68.9 Å². The van der Waals surface area contributed by atoms with E-state index in [4.69, 9.17) is 0 Å². The van der Waals surface area contributed by atoms with Crippen LogP contribution in [-0.2, 0) is 0 Å². The fourth-order valence-corrected chi connectivity index (χ4v) is 8.36. The predicted molar refractivity (Wildman–Crippen MR) is 266 cm³/mol. The van der Waals surface area contributed by atoms with Crippen LogP contribution in [-0.4, -0.2) is 62.2 Å². The monoisotopic (exact) mass is 807 g/mol. The average molecular weight is 807 g/mol. The highest BCUT2D eigenvalue weighted by atomic mass is 15.1. The molecule has 312 valence electrons. The highest BCUT2D eigenvalue weighted by Crippen LogP contribution is 2.39. The van der Waals surface area contributed by atoms with Gasteiger partial charge in [-0.3, -0.25) is 4.90 Å². The molecule has 4 N–H and O–H groups in total. The third kappa shape index (κ3) is 9.74. The molecule has 0 radical (unpaired) electrons. The molecule has 3 unspecified atom stereocenters. The molecule has 0 saturated carbocycles. The van der Waals surface area contributed by atoms with Gasteiger partial charge in [0.25, 0.3) is 0 Å². The maximum absolute atomic E-state index is 3.59. The number of nitrogens with one attached hydrogen (secondary N) is 4. The highest BCUT2D eigenvalue weighted by Gasteiger charge is 2.23. The largest absolute Gasteiger partial charge is 0.355 e. The van der Waals surface area contributed by atoms with E-state index in [9.17, 15) is 0 Å². The highest BCUT2D eigenvalue weighted by molar-refractivity contribution is 5.98. The van der Waals surface area contributed by atoms with Crippen LogP contribution < -0.4 is 21.3 Å². The van der Waals surface area contributed by atoms with Gasteiger partial charge in [0.2, 0.25) is 0 Å². The van der Waals surface area contributed by atoms with Crippen molar-refractivity contribution in [2.45, 2.75) is 52.7 Å². The Bertz CT molecular complexity index is 2520. The summed E-state index contributed by atoms with van der Waals surface area (Å²) in [5.74, 6) is 0. The number of nitrogens with zero attached hydrogens (tertiary/aromatic N) is 2. The summed E-state index contributed by atoms with van der Waals surface area (Å²) < 4.78 is 0. The van der Waals surface area contributed by atoms with Gasteiger partial charge < -0.3 is 26.2 Å². The number of para-hydroxylation sites is 6. The number of hydrogen-bond donors (Lipinski definition) is 4. The molecule has 3 atom stereocenters. The van der Waals surface area contributed by atoms with Gasteiger partial charge in [-0.2, -0.15) is 0 Å². The lowest BCUT2D eigenvalue weighted by atomic mass is 9.95. The topological polar surface area (TPSA) is 54.6 Å². The van der Waals surface area contributed by atoms with E-state index < -0.39 is 0 Å². The lowest BCUT2D eigenvalue weighted by Crippen LogP contribution is -2.33. The molecule has 6 aromatic rings. The van der Waals surface area contributed by atoms with E-state index >= 15 is 0 Å². The van der Waals surface area contributed by atoms with E-state index in [1.807, 2.05) is 7.05 Å². The lowest BCUT2D eigenvalue weighted by Gasteiger charge is -2.29. The summed E-state index contributed by atoms with van der Waals surface area (Å²) in [6, 6.07) is 52.1. The molecular weight excluding hydrogens is 745 g/mol. The third-order valence-corrected chi connectivity index (χ3v) is 12.3. The molecular formula is C55H62N6. The maximum Gasteiger partial charge on any atom is 0.0461 e. The molecule has 0 bridgehead atoms. The second-order valence-corrected chi connectivity index (χ2v) is 16.1. The van der Waals surface area contributed by atoms with Gasteiger partial charge in [-0.1, -0.05) is 123 Å². The van der Waals surface area contributed by atoms with Crippen molar-refractivity contribution in [2.24, 2.45) is 0 Å². The van der Waals surface area contributed by atoms with Gasteiger partial charge in [-0.15, -0.1) is 0 Å². The molecule has 6 aromatic carbocycles. The lowest BCUT2D eigenvalue weighted by molar-refractivity contribution is 0.275. The summed E-state index contributed by atoms with van der Waals surface area (Å²) in [4.78, 5) is 4.74. The van der Waals surface area contributed by atoms with Crippen molar-refractivity contribution in [3.05, 3.63) is 179 Å². The molecule has 3 heterocycles. The van der Waals surface area contributed by atoms with E-state index in [0.29, 0.717) is 18.1 Å². The predicted octanol–water partition coefficient (Wildman–Crippen LogP) is 13.1. The van der Waals surface area contributed by atoms with Gasteiger partial charge in [-0.25, -0.2) is 0 Å². The van der Waals surface area contributed by atoms with Gasteiger partial charge in [-0.05, 0) is 143 Å². The fourth-order valence-electron chi connectivity index (χ4n) is 8.36. The zero-order valence-electron chi connectivity index (χ0n) is 37.1. The van der Waals surface area contributed by atoms with Crippen LogP contribution in [0.15, 0.2) is 146 Å². The average Bonchev–Trinajstić information content (AvgIpc) is 3.66. The zero-order valence-corrected chi connectivity index (χ0v) is 37.1. The number of anilines is 6. The Balaban J connectivity index is 0.000000138. The Labute approximate surface area is 364 Å². The fraction of sp³-hybridized carbons (Fsp3) is 0.236. The molecule has 0 spiro atoms. The van der Waals surface area contributed by atoms with Gasteiger partial charge in [0.15, 0.2) is 0 Å². The van der Waals surface area contributed by atoms with Gasteiger partial charge in [0.05, 0.1) is 0 Å². The van der Waals surface area contributed by atoms with Crippen molar-refractivity contribution < 1.29 is 0 Å².